The van der Waals surface area contributed by atoms with E-state index in [0.717, 1.165) is 25.7 Å². The molecule has 1 aromatic rings. The number of carbonyl (C=O) groups is 2. The van der Waals surface area contributed by atoms with Crippen molar-refractivity contribution in [3.05, 3.63) is 24.2 Å². The number of nitrogens with one attached hydrogen (secondary N) is 1. The maximum atomic E-state index is 12.3. The minimum Gasteiger partial charge on any atom is -0.472 e. The van der Waals surface area contributed by atoms with Crippen LogP contribution in [0.3, 0.4) is 0 Å². The highest BCUT2D eigenvalue weighted by Gasteiger charge is 2.32. The second-order valence-corrected chi connectivity index (χ2v) is 7.08. The molecule has 0 bridgehead atoms. The zero-order valence-electron chi connectivity index (χ0n) is 14.0. The predicted octanol–water partition coefficient (Wildman–Crippen LogP) is 1.94. The van der Waals surface area contributed by atoms with Crippen LogP contribution in [0.5, 0.6) is 0 Å². The summed E-state index contributed by atoms with van der Waals surface area (Å²) in [7, 11) is 0. The Morgan fingerprint density at radius 3 is 2.58 bits per heavy atom. The number of rotatable bonds is 4. The average molecular weight is 334 g/mol. The van der Waals surface area contributed by atoms with E-state index in [-0.39, 0.29) is 17.7 Å². The van der Waals surface area contributed by atoms with E-state index in [0.29, 0.717) is 38.0 Å². The first-order valence-corrected chi connectivity index (χ1v) is 8.89. The lowest BCUT2D eigenvalue weighted by molar-refractivity contribution is -0.127. The van der Waals surface area contributed by atoms with Crippen LogP contribution in [0.2, 0.25) is 0 Å². The van der Waals surface area contributed by atoms with Gasteiger partial charge in [-0.3, -0.25) is 9.59 Å². The second kappa shape index (κ2) is 7.38. The normalized spacial score (nSPS) is 21.5. The van der Waals surface area contributed by atoms with Gasteiger partial charge in [0.15, 0.2) is 0 Å². The van der Waals surface area contributed by atoms with Crippen molar-refractivity contribution in [2.24, 2.45) is 5.92 Å². The van der Waals surface area contributed by atoms with E-state index in [1.54, 1.807) is 11.0 Å². The summed E-state index contributed by atoms with van der Waals surface area (Å²) in [6, 6.07) is 1.66. The van der Waals surface area contributed by atoms with Crippen LogP contribution < -0.4 is 5.32 Å². The number of aliphatic hydroxyl groups is 1. The van der Waals surface area contributed by atoms with Crippen LogP contribution in [0.1, 0.15) is 55.3 Å². The van der Waals surface area contributed by atoms with Gasteiger partial charge in [0.1, 0.15) is 6.26 Å². The molecule has 0 atom stereocenters. The van der Waals surface area contributed by atoms with Crippen LogP contribution in [0.25, 0.3) is 0 Å². The first-order valence-electron chi connectivity index (χ1n) is 8.89. The zero-order chi connectivity index (χ0) is 17.0. The van der Waals surface area contributed by atoms with Crippen molar-refractivity contribution in [1.82, 2.24) is 10.2 Å². The topological polar surface area (TPSA) is 82.8 Å². The lowest BCUT2D eigenvalue weighted by Gasteiger charge is -2.34. The molecular weight excluding hydrogens is 308 g/mol. The third-order valence-corrected chi connectivity index (χ3v) is 5.30. The van der Waals surface area contributed by atoms with Crippen molar-refractivity contribution in [3.8, 4) is 0 Å². The van der Waals surface area contributed by atoms with Gasteiger partial charge in [0.2, 0.25) is 5.91 Å². The fourth-order valence-electron chi connectivity index (χ4n) is 3.70. The van der Waals surface area contributed by atoms with E-state index in [1.807, 2.05) is 0 Å². The van der Waals surface area contributed by atoms with E-state index in [1.165, 1.54) is 18.9 Å². The van der Waals surface area contributed by atoms with Crippen LogP contribution >= 0.6 is 0 Å². The molecule has 0 unspecified atom stereocenters. The monoisotopic (exact) mass is 334 g/mol. The molecule has 1 saturated carbocycles. The Bertz CT molecular complexity index is 556. The fourth-order valence-corrected chi connectivity index (χ4v) is 3.70. The smallest absolute Gasteiger partial charge is 0.257 e. The summed E-state index contributed by atoms with van der Waals surface area (Å²) in [6.07, 6.45) is 9.02. The predicted molar refractivity (Wildman–Crippen MR) is 88.4 cm³/mol. The minimum absolute atomic E-state index is 0.00408. The summed E-state index contributed by atoms with van der Waals surface area (Å²) in [5.41, 5.74) is -0.177. The Labute approximate surface area is 142 Å². The third-order valence-electron chi connectivity index (χ3n) is 5.30. The molecule has 0 radical (unpaired) electrons. The average Bonchev–Trinajstić information content (AvgIpc) is 3.14. The molecule has 24 heavy (non-hydrogen) atoms. The maximum absolute atomic E-state index is 12.3. The van der Waals surface area contributed by atoms with Crippen LogP contribution in [0.15, 0.2) is 23.0 Å². The van der Waals surface area contributed by atoms with Crippen molar-refractivity contribution >= 4 is 11.8 Å². The highest BCUT2D eigenvalue weighted by molar-refractivity contribution is 5.94. The zero-order valence-corrected chi connectivity index (χ0v) is 14.0. The largest absolute Gasteiger partial charge is 0.472 e. The summed E-state index contributed by atoms with van der Waals surface area (Å²) >= 11 is 0. The summed E-state index contributed by atoms with van der Waals surface area (Å²) < 4.78 is 4.95. The lowest BCUT2D eigenvalue weighted by Crippen LogP contribution is -2.48. The van der Waals surface area contributed by atoms with Crippen LogP contribution in [0.4, 0.5) is 0 Å². The van der Waals surface area contributed by atoms with Crippen LogP contribution in [-0.2, 0) is 4.79 Å². The Kier molecular flexibility index (Phi) is 5.23. The van der Waals surface area contributed by atoms with Gasteiger partial charge in [0.25, 0.3) is 5.91 Å². The van der Waals surface area contributed by atoms with E-state index < -0.39 is 5.60 Å². The van der Waals surface area contributed by atoms with Crippen molar-refractivity contribution in [1.29, 1.82) is 0 Å². The van der Waals surface area contributed by atoms with E-state index in [9.17, 15) is 14.7 Å². The molecule has 1 aliphatic heterocycles. The number of hydrogen-bond acceptors (Lipinski definition) is 4. The SMILES string of the molecule is O=C(NCC1(O)CCCCC1)C1CCN(C(=O)c2ccoc2)CC1. The van der Waals surface area contributed by atoms with Gasteiger partial charge >= 0.3 is 0 Å². The first kappa shape index (κ1) is 17.0. The summed E-state index contributed by atoms with van der Waals surface area (Å²) in [6.45, 7) is 1.50. The highest BCUT2D eigenvalue weighted by Crippen LogP contribution is 2.27. The molecule has 0 aromatic carbocycles. The van der Waals surface area contributed by atoms with Crippen molar-refractivity contribution in [3.63, 3.8) is 0 Å². The molecule has 2 heterocycles. The van der Waals surface area contributed by atoms with Crippen molar-refractivity contribution in [2.75, 3.05) is 19.6 Å². The molecule has 1 saturated heterocycles. The number of furan rings is 1. The van der Waals surface area contributed by atoms with Gasteiger partial charge in [-0.25, -0.2) is 0 Å². The number of piperidine rings is 1. The van der Waals surface area contributed by atoms with E-state index in [2.05, 4.69) is 5.32 Å². The molecule has 6 heteroatoms. The molecule has 1 aromatic heterocycles. The number of likely N-dealkylation sites (tertiary alicyclic amines) is 1. The molecule has 2 amide bonds. The Balaban J connectivity index is 1.44. The molecular formula is C18H26N2O4. The van der Waals surface area contributed by atoms with Crippen LogP contribution in [-0.4, -0.2) is 47.1 Å². The lowest BCUT2D eigenvalue weighted by atomic mass is 9.84. The van der Waals surface area contributed by atoms with Gasteiger partial charge in [0.05, 0.1) is 17.4 Å². The van der Waals surface area contributed by atoms with Gasteiger partial charge in [-0.05, 0) is 31.7 Å². The number of amides is 2. The maximum Gasteiger partial charge on any atom is 0.257 e. The quantitative estimate of drug-likeness (QED) is 0.881. The standard InChI is InChI=1S/C18H26N2O4/c21-16(19-13-18(23)7-2-1-3-8-18)14-4-9-20(10-5-14)17(22)15-6-11-24-12-15/h6,11-12,14,23H,1-5,7-10,13H2,(H,19,21). The van der Waals surface area contributed by atoms with Gasteiger partial charge in [0, 0.05) is 25.6 Å². The van der Waals surface area contributed by atoms with Crippen molar-refractivity contribution in [2.45, 2.75) is 50.5 Å². The molecule has 3 rings (SSSR count). The minimum atomic E-state index is -0.730. The summed E-state index contributed by atoms with van der Waals surface area (Å²) in [4.78, 5) is 26.4. The molecule has 1 aliphatic carbocycles. The molecule has 6 nitrogen and oxygen atoms in total. The fraction of sp³-hybridized carbons (Fsp3) is 0.667. The van der Waals surface area contributed by atoms with Crippen molar-refractivity contribution < 1.29 is 19.1 Å². The van der Waals surface area contributed by atoms with E-state index in [4.69, 9.17) is 4.42 Å². The van der Waals surface area contributed by atoms with E-state index >= 15 is 0 Å². The first-order chi connectivity index (χ1) is 11.6. The van der Waals surface area contributed by atoms with Gasteiger partial charge in [-0.2, -0.15) is 0 Å². The molecule has 0 spiro atoms. The van der Waals surface area contributed by atoms with Gasteiger partial charge in [-0.1, -0.05) is 19.3 Å². The van der Waals surface area contributed by atoms with Gasteiger partial charge in [-0.15, -0.1) is 0 Å². The highest BCUT2D eigenvalue weighted by atomic mass is 16.3. The molecule has 2 aliphatic rings. The van der Waals surface area contributed by atoms with Crippen LogP contribution in [0, 0.1) is 5.92 Å². The number of nitrogens with zero attached hydrogens (tertiary/aromatic N) is 1. The summed E-state index contributed by atoms with van der Waals surface area (Å²) in [5, 5.41) is 13.4. The summed E-state index contributed by atoms with van der Waals surface area (Å²) in [5.74, 6) is -0.117. The molecule has 132 valence electrons. The van der Waals surface area contributed by atoms with Gasteiger partial charge < -0.3 is 19.7 Å². The number of hydrogen-bond donors (Lipinski definition) is 2. The molecule has 2 fully saturated rings. The Hall–Kier alpha value is -1.82. The second-order valence-electron chi connectivity index (χ2n) is 7.08. The Morgan fingerprint density at radius 1 is 1.25 bits per heavy atom. The third kappa shape index (κ3) is 3.98. The number of carbonyl (C=O) groups excluding carboxylic acids is 2. The molecule has 2 N–H and O–H groups in total. The Morgan fingerprint density at radius 2 is 1.96 bits per heavy atom.